The number of ether oxygens (including phenoxy) is 1. The van der Waals surface area contributed by atoms with Crippen LogP contribution < -0.4 is 0 Å². The van der Waals surface area contributed by atoms with E-state index < -0.39 is 0 Å². The van der Waals surface area contributed by atoms with E-state index in [9.17, 15) is 4.79 Å². The zero-order valence-corrected chi connectivity index (χ0v) is 6.53. The predicted molar refractivity (Wildman–Crippen MR) is 40.1 cm³/mol. The summed E-state index contributed by atoms with van der Waals surface area (Å²) in [5.41, 5.74) is 0. The Morgan fingerprint density at radius 1 is 1.45 bits per heavy atom. The molecule has 1 amide bonds. The maximum Gasteiger partial charge on any atom is 0.209 e. The van der Waals surface area contributed by atoms with Gasteiger partial charge in [0, 0.05) is 13.1 Å². The minimum atomic E-state index is 0.342. The molecule has 1 heterocycles. The second kappa shape index (κ2) is 2.81. The molecule has 1 aliphatic heterocycles. The Morgan fingerprint density at radius 3 is 2.91 bits per heavy atom. The maximum atomic E-state index is 10.4. The number of hydrogen-bond acceptors (Lipinski definition) is 2. The molecule has 0 unspecified atom stereocenters. The summed E-state index contributed by atoms with van der Waals surface area (Å²) >= 11 is 0. The summed E-state index contributed by atoms with van der Waals surface area (Å²) < 4.78 is 5.53. The van der Waals surface area contributed by atoms with Crippen molar-refractivity contribution in [3.63, 3.8) is 0 Å². The molecule has 2 fully saturated rings. The predicted octanol–water partition coefficient (Wildman–Crippen LogP) is 0.254. The summed E-state index contributed by atoms with van der Waals surface area (Å²) in [4.78, 5) is 12.2. The van der Waals surface area contributed by atoms with Gasteiger partial charge in [0.05, 0.1) is 12.7 Å². The molecular formula is C8H13NO2. The standard InChI is InChI=1S/C8H13NO2/c10-6-9-3-4-11-8(5-9)7-1-2-7/h6-8H,1-5H2/t8-/m0/s1. The zero-order valence-electron chi connectivity index (χ0n) is 6.53. The SMILES string of the molecule is O=CN1CCO[C@H](C2CC2)C1. The fourth-order valence-corrected chi connectivity index (χ4v) is 1.55. The molecule has 62 valence electrons. The lowest BCUT2D eigenvalue weighted by atomic mass is 10.2. The van der Waals surface area contributed by atoms with Crippen molar-refractivity contribution in [2.45, 2.75) is 18.9 Å². The highest BCUT2D eigenvalue weighted by atomic mass is 16.5. The van der Waals surface area contributed by atoms with E-state index in [-0.39, 0.29) is 0 Å². The molecule has 1 atom stereocenters. The van der Waals surface area contributed by atoms with Gasteiger partial charge in [0.1, 0.15) is 0 Å². The van der Waals surface area contributed by atoms with Crippen molar-refractivity contribution in [3.8, 4) is 0 Å². The zero-order chi connectivity index (χ0) is 7.68. The van der Waals surface area contributed by atoms with Gasteiger partial charge in [-0.05, 0) is 18.8 Å². The fraction of sp³-hybridized carbons (Fsp3) is 0.875. The Morgan fingerprint density at radius 2 is 2.27 bits per heavy atom. The van der Waals surface area contributed by atoms with Crippen molar-refractivity contribution >= 4 is 6.41 Å². The van der Waals surface area contributed by atoms with Crippen LogP contribution >= 0.6 is 0 Å². The molecule has 1 aliphatic carbocycles. The van der Waals surface area contributed by atoms with E-state index in [0.29, 0.717) is 6.10 Å². The Hall–Kier alpha value is -0.570. The Labute approximate surface area is 66.3 Å². The van der Waals surface area contributed by atoms with Gasteiger partial charge in [-0.25, -0.2) is 0 Å². The van der Waals surface area contributed by atoms with Crippen molar-refractivity contribution in [1.29, 1.82) is 0 Å². The number of rotatable bonds is 2. The van der Waals surface area contributed by atoms with E-state index in [1.165, 1.54) is 12.8 Å². The number of hydrogen-bond donors (Lipinski definition) is 0. The fourth-order valence-electron chi connectivity index (χ4n) is 1.55. The highest BCUT2D eigenvalue weighted by molar-refractivity contribution is 5.47. The van der Waals surface area contributed by atoms with Crippen LogP contribution in [0.3, 0.4) is 0 Å². The summed E-state index contributed by atoms with van der Waals surface area (Å²) in [6.07, 6.45) is 3.85. The Balaban J connectivity index is 1.86. The molecular weight excluding hydrogens is 142 g/mol. The van der Waals surface area contributed by atoms with Crippen LogP contribution in [-0.2, 0) is 9.53 Å². The van der Waals surface area contributed by atoms with Crippen LogP contribution in [0.15, 0.2) is 0 Å². The number of nitrogens with zero attached hydrogens (tertiary/aromatic N) is 1. The van der Waals surface area contributed by atoms with E-state index in [1.54, 1.807) is 0 Å². The van der Waals surface area contributed by atoms with Crippen LogP contribution in [0, 0.1) is 5.92 Å². The molecule has 3 heteroatoms. The third kappa shape index (κ3) is 1.53. The van der Waals surface area contributed by atoms with E-state index in [2.05, 4.69) is 0 Å². The molecule has 11 heavy (non-hydrogen) atoms. The van der Waals surface area contributed by atoms with Crippen LogP contribution in [0.5, 0.6) is 0 Å². The average Bonchev–Trinajstić information content (AvgIpc) is 2.87. The molecule has 1 saturated heterocycles. The topological polar surface area (TPSA) is 29.5 Å². The molecule has 0 spiro atoms. The first-order valence-electron chi connectivity index (χ1n) is 4.21. The molecule has 0 aromatic rings. The third-order valence-corrected chi connectivity index (χ3v) is 2.42. The minimum absolute atomic E-state index is 0.342. The van der Waals surface area contributed by atoms with E-state index in [0.717, 1.165) is 32.0 Å². The molecule has 0 bridgehead atoms. The number of morpholine rings is 1. The molecule has 2 rings (SSSR count). The quantitative estimate of drug-likeness (QED) is 0.535. The van der Waals surface area contributed by atoms with Crippen LogP contribution in [0.2, 0.25) is 0 Å². The van der Waals surface area contributed by atoms with E-state index >= 15 is 0 Å². The summed E-state index contributed by atoms with van der Waals surface area (Å²) in [6, 6.07) is 0. The molecule has 0 aromatic heterocycles. The van der Waals surface area contributed by atoms with Gasteiger partial charge in [0.25, 0.3) is 0 Å². The van der Waals surface area contributed by atoms with Gasteiger partial charge in [-0.3, -0.25) is 4.79 Å². The van der Waals surface area contributed by atoms with Gasteiger partial charge in [-0.15, -0.1) is 0 Å². The first kappa shape index (κ1) is 7.10. The largest absolute Gasteiger partial charge is 0.374 e. The average molecular weight is 155 g/mol. The van der Waals surface area contributed by atoms with Crippen molar-refractivity contribution in [3.05, 3.63) is 0 Å². The lowest BCUT2D eigenvalue weighted by molar-refractivity contribution is -0.126. The van der Waals surface area contributed by atoms with Crippen molar-refractivity contribution in [1.82, 2.24) is 4.90 Å². The lowest BCUT2D eigenvalue weighted by Crippen LogP contribution is -2.42. The van der Waals surface area contributed by atoms with Crippen LogP contribution in [0.25, 0.3) is 0 Å². The molecule has 3 nitrogen and oxygen atoms in total. The Bertz CT molecular complexity index is 156. The second-order valence-electron chi connectivity index (χ2n) is 3.35. The molecule has 2 aliphatic rings. The van der Waals surface area contributed by atoms with Crippen LogP contribution in [-0.4, -0.2) is 37.1 Å². The highest BCUT2D eigenvalue weighted by Gasteiger charge is 2.34. The maximum absolute atomic E-state index is 10.4. The highest BCUT2D eigenvalue weighted by Crippen LogP contribution is 2.35. The Kier molecular flexibility index (Phi) is 1.82. The number of carbonyl (C=O) groups excluding carboxylic acids is 1. The smallest absolute Gasteiger partial charge is 0.209 e. The molecule has 0 radical (unpaired) electrons. The van der Waals surface area contributed by atoms with Gasteiger partial charge in [-0.2, -0.15) is 0 Å². The molecule has 1 saturated carbocycles. The number of amides is 1. The van der Waals surface area contributed by atoms with Crippen molar-refractivity contribution < 1.29 is 9.53 Å². The van der Waals surface area contributed by atoms with Gasteiger partial charge >= 0.3 is 0 Å². The molecule has 0 N–H and O–H groups in total. The normalized spacial score (nSPS) is 32.0. The first-order valence-corrected chi connectivity index (χ1v) is 4.21. The van der Waals surface area contributed by atoms with Gasteiger partial charge < -0.3 is 9.64 Å². The summed E-state index contributed by atoms with van der Waals surface area (Å²) in [7, 11) is 0. The summed E-state index contributed by atoms with van der Waals surface area (Å²) in [6.45, 7) is 2.31. The van der Waals surface area contributed by atoms with Crippen LogP contribution in [0.4, 0.5) is 0 Å². The van der Waals surface area contributed by atoms with Crippen LogP contribution in [0.1, 0.15) is 12.8 Å². The van der Waals surface area contributed by atoms with Gasteiger partial charge in [-0.1, -0.05) is 0 Å². The third-order valence-electron chi connectivity index (χ3n) is 2.42. The lowest BCUT2D eigenvalue weighted by Gasteiger charge is -2.30. The van der Waals surface area contributed by atoms with E-state index in [1.807, 2.05) is 4.90 Å². The second-order valence-corrected chi connectivity index (χ2v) is 3.35. The summed E-state index contributed by atoms with van der Waals surface area (Å²) in [5, 5.41) is 0. The van der Waals surface area contributed by atoms with Gasteiger partial charge in [0.2, 0.25) is 6.41 Å². The first-order chi connectivity index (χ1) is 5.40. The number of carbonyl (C=O) groups is 1. The van der Waals surface area contributed by atoms with Crippen molar-refractivity contribution in [2.75, 3.05) is 19.7 Å². The minimum Gasteiger partial charge on any atom is -0.374 e. The summed E-state index contributed by atoms with van der Waals surface area (Å²) in [5.74, 6) is 0.748. The molecule has 0 aromatic carbocycles. The van der Waals surface area contributed by atoms with Gasteiger partial charge in [0.15, 0.2) is 0 Å². The monoisotopic (exact) mass is 155 g/mol. The van der Waals surface area contributed by atoms with E-state index in [4.69, 9.17) is 4.74 Å². The van der Waals surface area contributed by atoms with Crippen molar-refractivity contribution in [2.24, 2.45) is 5.92 Å².